The lowest BCUT2D eigenvalue weighted by molar-refractivity contribution is 0.275. The molecule has 2 N–H and O–H groups in total. The summed E-state index contributed by atoms with van der Waals surface area (Å²) in [6.45, 7) is -0.439. The molecule has 0 saturated heterocycles. The zero-order chi connectivity index (χ0) is 15.5. The number of nitrogens with one attached hydrogen (secondary N) is 1. The molecule has 0 radical (unpaired) electrons. The van der Waals surface area contributed by atoms with Gasteiger partial charge in [-0.25, -0.2) is 22.5 Å². The molecule has 0 saturated carbocycles. The Labute approximate surface area is 121 Å². The molecule has 0 aliphatic heterocycles. The van der Waals surface area contributed by atoms with Crippen LogP contribution in [0.5, 0.6) is 0 Å². The second kappa shape index (κ2) is 6.29. The van der Waals surface area contributed by atoms with Gasteiger partial charge < -0.3 is 5.11 Å². The van der Waals surface area contributed by atoms with E-state index in [1.54, 1.807) is 7.05 Å². The van der Waals surface area contributed by atoms with Crippen molar-refractivity contribution in [3.63, 3.8) is 0 Å². The molecule has 0 aliphatic carbocycles. The molecule has 0 amide bonds. The van der Waals surface area contributed by atoms with Gasteiger partial charge in [0, 0.05) is 25.6 Å². The summed E-state index contributed by atoms with van der Waals surface area (Å²) in [6, 6.07) is 3.27. The molecule has 2 aromatic rings. The summed E-state index contributed by atoms with van der Waals surface area (Å²) in [7, 11) is -2.05. The normalized spacial score (nSPS) is 11.8. The molecule has 0 spiro atoms. The fraction of sp³-hybridized carbons (Fsp3) is 0.333. The Balaban J connectivity index is 2.04. The van der Waals surface area contributed by atoms with Crippen molar-refractivity contribution in [1.29, 1.82) is 0 Å². The predicted molar refractivity (Wildman–Crippen MR) is 72.2 cm³/mol. The average Bonchev–Trinajstić information content (AvgIpc) is 2.84. The van der Waals surface area contributed by atoms with Crippen LogP contribution >= 0.6 is 0 Å². The number of aromatic nitrogens is 3. The maximum absolute atomic E-state index is 13.2. The van der Waals surface area contributed by atoms with Crippen molar-refractivity contribution >= 4 is 10.0 Å². The van der Waals surface area contributed by atoms with Crippen molar-refractivity contribution in [1.82, 2.24) is 19.5 Å². The second-order valence-electron chi connectivity index (χ2n) is 4.39. The van der Waals surface area contributed by atoms with Gasteiger partial charge in [-0.3, -0.25) is 4.68 Å². The van der Waals surface area contributed by atoms with Gasteiger partial charge in [-0.15, -0.1) is 0 Å². The van der Waals surface area contributed by atoms with Gasteiger partial charge in [0.15, 0.2) is 5.82 Å². The number of sulfonamides is 1. The highest BCUT2D eigenvalue weighted by molar-refractivity contribution is 7.89. The largest absolute Gasteiger partial charge is 0.392 e. The van der Waals surface area contributed by atoms with Crippen LogP contribution in [0.25, 0.3) is 0 Å². The van der Waals surface area contributed by atoms with Gasteiger partial charge in [-0.05, 0) is 18.2 Å². The highest BCUT2D eigenvalue weighted by Gasteiger charge is 2.16. The van der Waals surface area contributed by atoms with Gasteiger partial charge >= 0.3 is 0 Å². The Bertz CT molecular complexity index is 730. The van der Waals surface area contributed by atoms with Crippen LogP contribution in [0.1, 0.15) is 11.4 Å². The smallest absolute Gasteiger partial charge is 0.240 e. The highest BCUT2D eigenvalue weighted by Crippen LogP contribution is 2.15. The third-order valence-electron chi connectivity index (χ3n) is 2.79. The Kier molecular flexibility index (Phi) is 4.66. The molecule has 0 atom stereocenters. The number of aliphatic hydroxyl groups excluding tert-OH is 1. The number of rotatable bonds is 6. The minimum Gasteiger partial charge on any atom is -0.392 e. The topological polar surface area (TPSA) is 97.1 Å². The number of aliphatic hydroxyl groups is 1. The van der Waals surface area contributed by atoms with Gasteiger partial charge in [0.25, 0.3) is 0 Å². The molecule has 1 heterocycles. The van der Waals surface area contributed by atoms with Crippen LogP contribution in [0.3, 0.4) is 0 Å². The van der Waals surface area contributed by atoms with E-state index >= 15 is 0 Å². The van der Waals surface area contributed by atoms with Crippen LogP contribution < -0.4 is 4.72 Å². The maximum atomic E-state index is 13.2. The first-order valence-electron chi connectivity index (χ1n) is 6.16. The number of hydrogen-bond acceptors (Lipinski definition) is 5. The third kappa shape index (κ3) is 3.84. The Morgan fingerprint density at radius 1 is 1.43 bits per heavy atom. The van der Waals surface area contributed by atoms with E-state index in [0.29, 0.717) is 12.2 Å². The molecule has 0 unspecified atom stereocenters. The van der Waals surface area contributed by atoms with Crippen molar-refractivity contribution in [3.05, 3.63) is 41.7 Å². The maximum Gasteiger partial charge on any atom is 0.240 e. The quantitative estimate of drug-likeness (QED) is 0.780. The summed E-state index contributed by atoms with van der Waals surface area (Å²) in [4.78, 5) is 3.89. The number of benzene rings is 1. The fourth-order valence-electron chi connectivity index (χ4n) is 1.72. The molecular weight excluding hydrogens is 299 g/mol. The molecule has 9 heteroatoms. The summed E-state index contributed by atoms with van der Waals surface area (Å²) < 4.78 is 41.2. The molecule has 1 aromatic heterocycles. The third-order valence-corrected chi connectivity index (χ3v) is 4.24. The van der Waals surface area contributed by atoms with Crippen LogP contribution in [0, 0.1) is 5.82 Å². The minimum absolute atomic E-state index is 0.0655. The number of nitrogens with zero attached hydrogens (tertiary/aromatic N) is 3. The molecule has 1 aromatic carbocycles. The predicted octanol–water partition coefficient (Wildman–Crippen LogP) is -0.0325. The Morgan fingerprint density at radius 2 is 2.19 bits per heavy atom. The van der Waals surface area contributed by atoms with Crippen molar-refractivity contribution in [2.45, 2.75) is 17.9 Å². The monoisotopic (exact) mass is 314 g/mol. The van der Waals surface area contributed by atoms with E-state index < -0.39 is 22.4 Å². The van der Waals surface area contributed by atoms with Gasteiger partial charge in [0.05, 0.1) is 11.5 Å². The van der Waals surface area contributed by atoms with Crippen molar-refractivity contribution in [3.8, 4) is 0 Å². The van der Waals surface area contributed by atoms with Crippen LogP contribution in [0.4, 0.5) is 4.39 Å². The van der Waals surface area contributed by atoms with E-state index in [4.69, 9.17) is 5.11 Å². The molecule has 7 nitrogen and oxygen atoms in total. The summed E-state index contributed by atoms with van der Waals surface area (Å²) in [6.07, 6.45) is 1.87. The molecule has 114 valence electrons. The van der Waals surface area contributed by atoms with E-state index in [1.165, 1.54) is 11.0 Å². The fourth-order valence-corrected chi connectivity index (χ4v) is 2.80. The van der Waals surface area contributed by atoms with Gasteiger partial charge in [0.2, 0.25) is 10.0 Å². The van der Waals surface area contributed by atoms with Crippen molar-refractivity contribution < 1.29 is 17.9 Å². The zero-order valence-electron chi connectivity index (χ0n) is 11.3. The first-order chi connectivity index (χ1) is 9.92. The molecule has 0 fully saturated rings. The first kappa shape index (κ1) is 15.5. The van der Waals surface area contributed by atoms with Gasteiger partial charge in [0.1, 0.15) is 12.1 Å². The van der Waals surface area contributed by atoms with Crippen molar-refractivity contribution in [2.75, 3.05) is 6.54 Å². The number of halogens is 1. The molecule has 2 rings (SSSR count). The molecule has 21 heavy (non-hydrogen) atoms. The molecular formula is C12H15FN4O3S. The molecule has 0 aliphatic rings. The van der Waals surface area contributed by atoms with E-state index in [2.05, 4.69) is 14.8 Å². The van der Waals surface area contributed by atoms with Crippen molar-refractivity contribution in [2.24, 2.45) is 7.05 Å². The minimum atomic E-state index is -3.76. The van der Waals surface area contributed by atoms with Crippen LogP contribution in [-0.2, 0) is 30.1 Å². The van der Waals surface area contributed by atoms with E-state index in [1.807, 2.05) is 0 Å². The average molecular weight is 314 g/mol. The lowest BCUT2D eigenvalue weighted by Gasteiger charge is -2.07. The SMILES string of the molecule is Cn1cnc(CCNS(=O)(=O)c2ccc(F)c(CO)c2)n1. The first-order valence-corrected chi connectivity index (χ1v) is 7.64. The van der Waals surface area contributed by atoms with Gasteiger partial charge in [-0.2, -0.15) is 5.10 Å². The van der Waals surface area contributed by atoms with E-state index in [0.717, 1.165) is 18.2 Å². The molecule has 0 bridgehead atoms. The standard InChI is InChI=1S/C12H15FN4O3S/c1-17-8-14-12(16-17)4-5-15-21(19,20)10-2-3-11(13)9(6-10)7-18/h2-3,6,8,15,18H,4-5,7H2,1H3. The lowest BCUT2D eigenvalue weighted by atomic mass is 10.2. The summed E-state index contributed by atoms with van der Waals surface area (Å²) in [5.74, 6) is -0.121. The summed E-state index contributed by atoms with van der Waals surface area (Å²) in [5.41, 5.74) is -0.0655. The zero-order valence-corrected chi connectivity index (χ0v) is 12.1. The van der Waals surface area contributed by atoms with E-state index in [-0.39, 0.29) is 17.0 Å². The van der Waals surface area contributed by atoms with Gasteiger partial charge in [-0.1, -0.05) is 0 Å². The second-order valence-corrected chi connectivity index (χ2v) is 6.16. The number of hydrogen-bond donors (Lipinski definition) is 2. The lowest BCUT2D eigenvalue weighted by Crippen LogP contribution is -2.26. The Hall–Kier alpha value is -1.84. The van der Waals surface area contributed by atoms with E-state index in [9.17, 15) is 12.8 Å². The summed E-state index contributed by atoms with van der Waals surface area (Å²) in [5, 5.41) is 13.0. The van der Waals surface area contributed by atoms with Crippen LogP contribution in [-0.4, -0.2) is 34.8 Å². The highest BCUT2D eigenvalue weighted by atomic mass is 32.2. The number of aryl methyl sites for hydroxylation is 1. The Morgan fingerprint density at radius 3 is 2.81 bits per heavy atom. The van der Waals surface area contributed by atoms with Crippen LogP contribution in [0.15, 0.2) is 29.4 Å². The summed E-state index contributed by atoms with van der Waals surface area (Å²) >= 11 is 0. The van der Waals surface area contributed by atoms with Crippen LogP contribution in [0.2, 0.25) is 0 Å².